The zero-order valence-corrected chi connectivity index (χ0v) is 12.6. The van der Waals surface area contributed by atoms with E-state index in [1.165, 1.54) is 0 Å². The van der Waals surface area contributed by atoms with Gasteiger partial charge in [0.2, 0.25) is 5.91 Å². The van der Waals surface area contributed by atoms with Gasteiger partial charge in [-0.15, -0.1) is 0 Å². The lowest BCUT2D eigenvalue weighted by Gasteiger charge is -2.14. The highest BCUT2D eigenvalue weighted by atomic mass is 16.5. The Morgan fingerprint density at radius 3 is 2.82 bits per heavy atom. The molecule has 4 heteroatoms. The van der Waals surface area contributed by atoms with Crippen molar-refractivity contribution < 1.29 is 9.53 Å². The van der Waals surface area contributed by atoms with E-state index in [-0.39, 0.29) is 11.8 Å². The summed E-state index contributed by atoms with van der Waals surface area (Å²) >= 11 is 0. The maximum Gasteiger partial charge on any atom is 0.235 e. The molecule has 1 amide bonds. The van der Waals surface area contributed by atoms with E-state index in [1.54, 1.807) is 0 Å². The first-order valence-corrected chi connectivity index (χ1v) is 7.60. The van der Waals surface area contributed by atoms with Crippen LogP contribution in [-0.2, 0) is 11.3 Å². The normalized spacial score (nSPS) is 16.0. The molecule has 0 spiro atoms. The zero-order chi connectivity index (χ0) is 15.4. The molecule has 3 rings (SSSR count). The third-order valence-electron chi connectivity index (χ3n) is 3.86. The van der Waals surface area contributed by atoms with Gasteiger partial charge in [0.15, 0.2) is 0 Å². The van der Waals surface area contributed by atoms with Crippen LogP contribution in [0.4, 0.5) is 5.69 Å². The van der Waals surface area contributed by atoms with Crippen LogP contribution in [0.3, 0.4) is 0 Å². The molecule has 1 atom stereocenters. The van der Waals surface area contributed by atoms with Crippen LogP contribution in [0.25, 0.3) is 0 Å². The van der Waals surface area contributed by atoms with Gasteiger partial charge in [-0.05, 0) is 24.2 Å². The van der Waals surface area contributed by atoms with Gasteiger partial charge in [-0.1, -0.05) is 43.3 Å². The van der Waals surface area contributed by atoms with Crippen LogP contribution in [0.1, 0.15) is 24.0 Å². The minimum atomic E-state index is -0.247. The van der Waals surface area contributed by atoms with Gasteiger partial charge in [0.05, 0.1) is 0 Å². The van der Waals surface area contributed by atoms with Crippen molar-refractivity contribution in [3.8, 4) is 5.75 Å². The molecule has 2 aromatic carbocycles. The summed E-state index contributed by atoms with van der Waals surface area (Å²) in [6.07, 6.45) is 0. The highest BCUT2D eigenvalue weighted by Crippen LogP contribution is 2.34. The summed E-state index contributed by atoms with van der Waals surface area (Å²) in [7, 11) is 0. The molecule has 114 valence electrons. The summed E-state index contributed by atoms with van der Waals surface area (Å²) in [5.41, 5.74) is 2.91. The second-order valence-electron chi connectivity index (χ2n) is 5.33. The van der Waals surface area contributed by atoms with Crippen LogP contribution in [0, 0.1) is 0 Å². The molecule has 0 saturated carbocycles. The molecule has 0 saturated heterocycles. The molecule has 1 aliphatic heterocycles. The first-order chi connectivity index (χ1) is 10.8. The number of amides is 1. The van der Waals surface area contributed by atoms with Crippen LogP contribution < -0.4 is 15.4 Å². The number of ether oxygens (including phenoxy) is 1. The second kappa shape index (κ2) is 6.62. The average molecular weight is 296 g/mol. The quantitative estimate of drug-likeness (QED) is 0.892. The number of benzene rings is 2. The Labute approximate surface area is 130 Å². The molecule has 22 heavy (non-hydrogen) atoms. The van der Waals surface area contributed by atoms with Crippen LogP contribution in [-0.4, -0.2) is 19.1 Å². The number of hydrogen-bond acceptors (Lipinski definition) is 3. The Bertz CT molecular complexity index is 670. The fourth-order valence-corrected chi connectivity index (χ4v) is 2.66. The Hall–Kier alpha value is -2.33. The van der Waals surface area contributed by atoms with Gasteiger partial charge in [0, 0.05) is 17.8 Å². The molecule has 0 unspecified atom stereocenters. The smallest absolute Gasteiger partial charge is 0.235 e. The van der Waals surface area contributed by atoms with E-state index in [9.17, 15) is 4.79 Å². The summed E-state index contributed by atoms with van der Waals surface area (Å²) in [4.78, 5) is 12.6. The standard InChI is InChI=1S/C18H20N2O2/c1-2-19-11-13-7-3-5-9-16(13)20-18(21)15-12-22-17-10-6-4-8-14(15)17/h3-10,15,19H,2,11-12H2,1H3,(H,20,21)/t15-/m0/s1. The van der Waals surface area contributed by atoms with Crippen molar-refractivity contribution in [3.63, 3.8) is 0 Å². The Balaban J connectivity index is 1.76. The van der Waals surface area contributed by atoms with Gasteiger partial charge in [0.25, 0.3) is 0 Å². The minimum Gasteiger partial charge on any atom is -0.492 e. The van der Waals surface area contributed by atoms with Gasteiger partial charge in [0.1, 0.15) is 18.3 Å². The van der Waals surface area contributed by atoms with E-state index in [2.05, 4.69) is 17.6 Å². The minimum absolute atomic E-state index is 0.0195. The maximum atomic E-state index is 12.6. The van der Waals surface area contributed by atoms with Gasteiger partial charge in [-0.25, -0.2) is 0 Å². The van der Waals surface area contributed by atoms with Gasteiger partial charge >= 0.3 is 0 Å². The number of anilines is 1. The summed E-state index contributed by atoms with van der Waals surface area (Å²) < 4.78 is 5.59. The van der Waals surface area contributed by atoms with Crippen molar-refractivity contribution in [2.75, 3.05) is 18.5 Å². The van der Waals surface area contributed by atoms with Crippen molar-refractivity contribution in [1.82, 2.24) is 5.32 Å². The number of carbonyl (C=O) groups is 1. The second-order valence-corrected chi connectivity index (χ2v) is 5.33. The highest BCUT2D eigenvalue weighted by Gasteiger charge is 2.30. The summed E-state index contributed by atoms with van der Waals surface area (Å²) in [6, 6.07) is 15.6. The average Bonchev–Trinajstić information content (AvgIpc) is 2.98. The molecule has 2 aromatic rings. The molecule has 0 bridgehead atoms. The predicted molar refractivity (Wildman–Crippen MR) is 87.1 cm³/mol. The lowest BCUT2D eigenvalue weighted by atomic mass is 10.00. The van der Waals surface area contributed by atoms with E-state index in [4.69, 9.17) is 4.74 Å². The van der Waals surface area contributed by atoms with E-state index < -0.39 is 0 Å². The van der Waals surface area contributed by atoms with Crippen molar-refractivity contribution >= 4 is 11.6 Å². The molecule has 4 nitrogen and oxygen atoms in total. The fraction of sp³-hybridized carbons (Fsp3) is 0.278. The van der Waals surface area contributed by atoms with Crippen molar-refractivity contribution in [3.05, 3.63) is 59.7 Å². The van der Waals surface area contributed by atoms with Crippen LogP contribution in [0.2, 0.25) is 0 Å². The highest BCUT2D eigenvalue weighted by molar-refractivity contribution is 5.97. The van der Waals surface area contributed by atoms with E-state index in [0.29, 0.717) is 6.61 Å². The topological polar surface area (TPSA) is 50.4 Å². The largest absolute Gasteiger partial charge is 0.492 e. The van der Waals surface area contributed by atoms with Crippen LogP contribution in [0.15, 0.2) is 48.5 Å². The lowest BCUT2D eigenvalue weighted by Crippen LogP contribution is -2.23. The fourth-order valence-electron chi connectivity index (χ4n) is 2.66. The maximum absolute atomic E-state index is 12.6. The third-order valence-corrected chi connectivity index (χ3v) is 3.86. The third kappa shape index (κ3) is 2.97. The predicted octanol–water partition coefficient (Wildman–Crippen LogP) is 2.91. The molecular weight excluding hydrogens is 276 g/mol. The molecule has 0 aliphatic carbocycles. The van der Waals surface area contributed by atoms with Gasteiger partial charge in [-0.2, -0.15) is 0 Å². The number of fused-ring (bicyclic) bond motifs is 1. The van der Waals surface area contributed by atoms with Crippen molar-refractivity contribution in [1.29, 1.82) is 0 Å². The molecule has 2 N–H and O–H groups in total. The Morgan fingerprint density at radius 2 is 1.95 bits per heavy atom. The van der Waals surface area contributed by atoms with E-state index >= 15 is 0 Å². The summed E-state index contributed by atoms with van der Waals surface area (Å²) in [5, 5.41) is 6.33. The first kappa shape index (κ1) is 14.6. The molecule has 1 aliphatic rings. The molecular formula is C18H20N2O2. The lowest BCUT2D eigenvalue weighted by molar-refractivity contribution is -0.117. The first-order valence-electron chi connectivity index (χ1n) is 7.60. The van der Waals surface area contributed by atoms with Crippen LogP contribution >= 0.6 is 0 Å². The van der Waals surface area contributed by atoms with Gasteiger partial charge in [-0.3, -0.25) is 4.79 Å². The Kier molecular flexibility index (Phi) is 4.39. The number of rotatable bonds is 5. The SMILES string of the molecule is CCNCc1ccccc1NC(=O)[C@H]1COc2ccccc21. The molecule has 0 aromatic heterocycles. The number of nitrogens with one attached hydrogen (secondary N) is 2. The van der Waals surface area contributed by atoms with E-state index in [0.717, 1.165) is 35.7 Å². The number of para-hydroxylation sites is 2. The number of carbonyl (C=O) groups excluding carboxylic acids is 1. The monoisotopic (exact) mass is 296 g/mol. The molecule has 0 radical (unpaired) electrons. The summed E-state index contributed by atoms with van der Waals surface area (Å²) in [5.74, 6) is 0.542. The van der Waals surface area contributed by atoms with Crippen LogP contribution in [0.5, 0.6) is 5.75 Å². The Morgan fingerprint density at radius 1 is 1.18 bits per heavy atom. The molecule has 0 fully saturated rings. The van der Waals surface area contributed by atoms with Crippen molar-refractivity contribution in [2.45, 2.75) is 19.4 Å². The number of hydrogen-bond donors (Lipinski definition) is 2. The summed E-state index contributed by atoms with van der Waals surface area (Å²) in [6.45, 7) is 4.10. The van der Waals surface area contributed by atoms with Gasteiger partial charge < -0.3 is 15.4 Å². The van der Waals surface area contributed by atoms with Crippen molar-refractivity contribution in [2.24, 2.45) is 0 Å². The zero-order valence-electron chi connectivity index (χ0n) is 12.6. The molecule has 1 heterocycles. The van der Waals surface area contributed by atoms with E-state index in [1.807, 2.05) is 48.5 Å².